The van der Waals surface area contributed by atoms with E-state index in [0.29, 0.717) is 29.1 Å². The van der Waals surface area contributed by atoms with Gasteiger partial charge < -0.3 is 9.84 Å². The summed E-state index contributed by atoms with van der Waals surface area (Å²) in [7, 11) is 0. The Labute approximate surface area is 135 Å². The summed E-state index contributed by atoms with van der Waals surface area (Å²) >= 11 is 5.85. The van der Waals surface area contributed by atoms with Gasteiger partial charge in [-0.3, -0.25) is 4.79 Å². The number of nitrogens with zero attached hydrogens (tertiary/aromatic N) is 2. The van der Waals surface area contributed by atoms with Crippen LogP contribution < -0.4 is 5.32 Å². The van der Waals surface area contributed by atoms with Crippen LogP contribution in [0.3, 0.4) is 0 Å². The molecule has 2 rings (SSSR count). The second-order valence-electron chi connectivity index (χ2n) is 5.69. The Morgan fingerprint density at radius 2 is 1.95 bits per heavy atom. The number of rotatable bonds is 6. The summed E-state index contributed by atoms with van der Waals surface area (Å²) in [5, 5.41) is 7.46. The molecule has 1 aromatic carbocycles. The van der Waals surface area contributed by atoms with Crippen LogP contribution in [0.2, 0.25) is 5.02 Å². The first-order valence-corrected chi connectivity index (χ1v) is 7.72. The van der Waals surface area contributed by atoms with Crippen LogP contribution in [-0.4, -0.2) is 16.0 Å². The SMILES string of the molecule is CC(C)CCC(=O)NC(C)c1noc(-c2ccc(Cl)cc2)n1. The lowest BCUT2D eigenvalue weighted by Crippen LogP contribution is -2.27. The zero-order chi connectivity index (χ0) is 16.1. The lowest BCUT2D eigenvalue weighted by atomic mass is 10.1. The van der Waals surface area contributed by atoms with E-state index in [1.165, 1.54) is 0 Å². The molecule has 0 bridgehead atoms. The van der Waals surface area contributed by atoms with Crippen LogP contribution in [0, 0.1) is 5.92 Å². The van der Waals surface area contributed by atoms with E-state index in [9.17, 15) is 4.79 Å². The van der Waals surface area contributed by atoms with Crippen molar-refractivity contribution < 1.29 is 9.32 Å². The number of amides is 1. The van der Waals surface area contributed by atoms with Crippen LogP contribution in [-0.2, 0) is 4.79 Å². The van der Waals surface area contributed by atoms with Crippen molar-refractivity contribution in [3.05, 3.63) is 35.1 Å². The zero-order valence-electron chi connectivity index (χ0n) is 13.0. The van der Waals surface area contributed by atoms with Gasteiger partial charge in [0.1, 0.15) is 0 Å². The van der Waals surface area contributed by atoms with Gasteiger partial charge >= 0.3 is 0 Å². The molecule has 6 heteroatoms. The molecule has 1 atom stereocenters. The Morgan fingerprint density at radius 3 is 2.59 bits per heavy atom. The fourth-order valence-electron chi connectivity index (χ4n) is 1.92. The van der Waals surface area contributed by atoms with Crippen LogP contribution in [0.15, 0.2) is 28.8 Å². The molecule has 0 saturated heterocycles. The Bertz CT molecular complexity index is 623. The van der Waals surface area contributed by atoms with Gasteiger partial charge in [0.2, 0.25) is 5.91 Å². The molecule has 0 radical (unpaired) electrons. The van der Waals surface area contributed by atoms with Crippen LogP contribution in [0.5, 0.6) is 0 Å². The molecular weight excluding hydrogens is 302 g/mol. The Balaban J connectivity index is 1.98. The molecule has 0 aliphatic rings. The van der Waals surface area contributed by atoms with Crippen molar-refractivity contribution in [3.63, 3.8) is 0 Å². The minimum Gasteiger partial charge on any atom is -0.346 e. The third-order valence-electron chi connectivity index (χ3n) is 3.25. The number of carbonyl (C=O) groups is 1. The molecule has 1 unspecified atom stereocenters. The number of halogens is 1. The Morgan fingerprint density at radius 1 is 1.27 bits per heavy atom. The molecule has 1 heterocycles. The first-order chi connectivity index (χ1) is 10.5. The van der Waals surface area contributed by atoms with E-state index in [1.54, 1.807) is 12.1 Å². The molecular formula is C16H20ClN3O2. The Hall–Kier alpha value is -1.88. The van der Waals surface area contributed by atoms with Gasteiger partial charge in [0.05, 0.1) is 6.04 Å². The molecule has 22 heavy (non-hydrogen) atoms. The van der Waals surface area contributed by atoms with Crippen molar-refractivity contribution in [2.24, 2.45) is 5.92 Å². The third-order valence-corrected chi connectivity index (χ3v) is 3.50. The normalized spacial score (nSPS) is 12.4. The van der Waals surface area contributed by atoms with Crippen molar-refractivity contribution in [1.29, 1.82) is 0 Å². The second kappa shape index (κ2) is 7.40. The van der Waals surface area contributed by atoms with Crippen molar-refractivity contribution in [1.82, 2.24) is 15.5 Å². The van der Waals surface area contributed by atoms with E-state index in [0.717, 1.165) is 12.0 Å². The molecule has 0 fully saturated rings. The summed E-state index contributed by atoms with van der Waals surface area (Å²) in [6, 6.07) is 6.86. The van der Waals surface area contributed by atoms with E-state index < -0.39 is 0 Å². The number of hydrogen-bond acceptors (Lipinski definition) is 4. The van der Waals surface area contributed by atoms with E-state index in [-0.39, 0.29) is 11.9 Å². The van der Waals surface area contributed by atoms with Crippen molar-refractivity contribution >= 4 is 17.5 Å². The molecule has 0 saturated carbocycles. The fourth-order valence-corrected chi connectivity index (χ4v) is 2.04. The fraction of sp³-hybridized carbons (Fsp3) is 0.438. The number of nitrogens with one attached hydrogen (secondary N) is 1. The molecule has 1 amide bonds. The quantitative estimate of drug-likeness (QED) is 0.873. The minimum atomic E-state index is -0.288. The predicted octanol–water partition coefficient (Wildman–Crippen LogP) is 4.00. The lowest BCUT2D eigenvalue weighted by molar-refractivity contribution is -0.122. The van der Waals surface area contributed by atoms with Crippen molar-refractivity contribution in [2.75, 3.05) is 0 Å². The van der Waals surface area contributed by atoms with E-state index >= 15 is 0 Å². The molecule has 0 spiro atoms. The third kappa shape index (κ3) is 4.56. The van der Waals surface area contributed by atoms with Gasteiger partial charge in [0.25, 0.3) is 5.89 Å². The van der Waals surface area contributed by atoms with Crippen LogP contribution in [0.4, 0.5) is 0 Å². The van der Waals surface area contributed by atoms with Gasteiger partial charge in [-0.2, -0.15) is 4.98 Å². The molecule has 0 aliphatic carbocycles. The maximum atomic E-state index is 11.8. The maximum Gasteiger partial charge on any atom is 0.257 e. The first-order valence-electron chi connectivity index (χ1n) is 7.34. The molecule has 0 aliphatic heterocycles. The largest absolute Gasteiger partial charge is 0.346 e. The average Bonchev–Trinajstić information content (AvgIpc) is 2.96. The van der Waals surface area contributed by atoms with E-state index in [1.807, 2.05) is 19.1 Å². The summed E-state index contributed by atoms with van der Waals surface area (Å²) in [6.45, 7) is 6.02. The summed E-state index contributed by atoms with van der Waals surface area (Å²) in [5.41, 5.74) is 0.793. The number of carbonyl (C=O) groups excluding carboxylic acids is 1. The number of hydrogen-bond donors (Lipinski definition) is 1. The highest BCUT2D eigenvalue weighted by molar-refractivity contribution is 6.30. The summed E-state index contributed by atoms with van der Waals surface area (Å²) in [5.74, 6) is 1.37. The highest BCUT2D eigenvalue weighted by Crippen LogP contribution is 2.21. The topological polar surface area (TPSA) is 68.0 Å². The highest BCUT2D eigenvalue weighted by Gasteiger charge is 2.17. The Kier molecular flexibility index (Phi) is 5.55. The van der Waals surface area contributed by atoms with Crippen molar-refractivity contribution in [3.8, 4) is 11.5 Å². The summed E-state index contributed by atoms with van der Waals surface area (Å²) < 4.78 is 5.24. The second-order valence-corrected chi connectivity index (χ2v) is 6.12. The molecule has 5 nitrogen and oxygen atoms in total. The monoisotopic (exact) mass is 321 g/mol. The first kappa shape index (κ1) is 16.5. The molecule has 1 N–H and O–H groups in total. The van der Waals surface area contributed by atoms with Crippen LogP contribution in [0.25, 0.3) is 11.5 Å². The zero-order valence-corrected chi connectivity index (χ0v) is 13.7. The summed E-state index contributed by atoms with van der Waals surface area (Å²) in [4.78, 5) is 16.2. The van der Waals surface area contributed by atoms with Crippen molar-refractivity contribution in [2.45, 2.75) is 39.7 Å². The predicted molar refractivity (Wildman–Crippen MR) is 85.4 cm³/mol. The minimum absolute atomic E-state index is 0.000886. The lowest BCUT2D eigenvalue weighted by Gasteiger charge is -2.10. The van der Waals surface area contributed by atoms with E-state index in [4.69, 9.17) is 16.1 Å². The molecule has 2 aromatic rings. The summed E-state index contributed by atoms with van der Waals surface area (Å²) in [6.07, 6.45) is 1.37. The molecule has 118 valence electrons. The van der Waals surface area contributed by atoms with Gasteiger partial charge in [-0.15, -0.1) is 0 Å². The standard InChI is InChI=1S/C16H20ClN3O2/c1-10(2)4-9-14(21)18-11(3)15-19-16(22-20-15)12-5-7-13(17)8-6-12/h5-8,10-11H,4,9H2,1-3H3,(H,18,21). The van der Waals surface area contributed by atoms with Gasteiger partial charge in [-0.05, 0) is 43.5 Å². The maximum absolute atomic E-state index is 11.8. The van der Waals surface area contributed by atoms with Gasteiger partial charge in [-0.25, -0.2) is 0 Å². The molecule has 1 aromatic heterocycles. The highest BCUT2D eigenvalue weighted by atomic mass is 35.5. The van der Waals surface area contributed by atoms with Crippen LogP contribution >= 0.6 is 11.6 Å². The van der Waals surface area contributed by atoms with E-state index in [2.05, 4.69) is 29.3 Å². The smallest absolute Gasteiger partial charge is 0.257 e. The average molecular weight is 322 g/mol. The van der Waals surface area contributed by atoms with Crippen LogP contribution in [0.1, 0.15) is 45.5 Å². The van der Waals surface area contributed by atoms with Gasteiger partial charge in [0.15, 0.2) is 5.82 Å². The number of aromatic nitrogens is 2. The van der Waals surface area contributed by atoms with Gasteiger partial charge in [0, 0.05) is 17.0 Å². The van der Waals surface area contributed by atoms with Gasteiger partial charge in [-0.1, -0.05) is 30.6 Å². The number of benzene rings is 1.